The molecule has 0 spiro atoms. The number of aliphatic hydroxyl groups excluding tert-OH is 1. The summed E-state index contributed by atoms with van der Waals surface area (Å²) < 4.78 is 18.0. The third kappa shape index (κ3) is 1.53. The minimum Gasteiger partial charge on any atom is -0.385 e. The first kappa shape index (κ1) is 9.62. The smallest absolute Gasteiger partial charge is 0.123 e. The van der Waals surface area contributed by atoms with Gasteiger partial charge in [-0.25, -0.2) is 4.39 Å². The zero-order valence-electron chi connectivity index (χ0n) is 8.03. The number of benzene rings is 1. The lowest BCUT2D eigenvalue weighted by atomic mass is 9.86. The molecule has 14 heavy (non-hydrogen) atoms. The van der Waals surface area contributed by atoms with Crippen molar-refractivity contribution in [3.63, 3.8) is 0 Å². The summed E-state index contributed by atoms with van der Waals surface area (Å²) in [5, 5.41) is 9.94. The lowest BCUT2D eigenvalue weighted by Crippen LogP contribution is -2.46. The Bertz CT molecular complexity index is 317. The molecule has 0 radical (unpaired) electrons. The molecule has 1 fully saturated rings. The lowest BCUT2D eigenvalue weighted by Gasteiger charge is -2.42. The SMILES string of the molecule is CC1(C(O)c2ccc(F)cc2)CCO1. The summed E-state index contributed by atoms with van der Waals surface area (Å²) in [7, 11) is 0. The van der Waals surface area contributed by atoms with Crippen molar-refractivity contribution < 1.29 is 14.2 Å². The number of halogens is 1. The third-order valence-electron chi connectivity index (χ3n) is 2.79. The van der Waals surface area contributed by atoms with Gasteiger partial charge in [0.1, 0.15) is 11.9 Å². The van der Waals surface area contributed by atoms with Crippen molar-refractivity contribution in [1.82, 2.24) is 0 Å². The van der Waals surface area contributed by atoms with E-state index in [4.69, 9.17) is 4.74 Å². The van der Waals surface area contributed by atoms with Crippen molar-refractivity contribution in [2.75, 3.05) is 6.61 Å². The summed E-state index contributed by atoms with van der Waals surface area (Å²) in [5.74, 6) is -0.291. The highest BCUT2D eigenvalue weighted by Gasteiger charge is 2.41. The van der Waals surface area contributed by atoms with Gasteiger partial charge in [0.2, 0.25) is 0 Å². The Hall–Kier alpha value is -0.930. The largest absolute Gasteiger partial charge is 0.385 e. The van der Waals surface area contributed by atoms with Crippen molar-refractivity contribution in [3.8, 4) is 0 Å². The number of ether oxygens (including phenoxy) is 1. The molecular weight excluding hydrogens is 183 g/mol. The molecule has 2 rings (SSSR count). The van der Waals surface area contributed by atoms with Crippen LogP contribution in [0, 0.1) is 5.82 Å². The van der Waals surface area contributed by atoms with E-state index in [1.165, 1.54) is 12.1 Å². The predicted octanol–water partition coefficient (Wildman–Crippen LogP) is 2.04. The van der Waals surface area contributed by atoms with Crippen molar-refractivity contribution in [2.24, 2.45) is 0 Å². The molecule has 3 heteroatoms. The van der Waals surface area contributed by atoms with Crippen molar-refractivity contribution in [3.05, 3.63) is 35.6 Å². The number of hydrogen-bond donors (Lipinski definition) is 1. The molecule has 0 saturated carbocycles. The van der Waals surface area contributed by atoms with E-state index < -0.39 is 11.7 Å². The maximum absolute atomic E-state index is 12.6. The number of hydrogen-bond acceptors (Lipinski definition) is 2. The van der Waals surface area contributed by atoms with Gasteiger partial charge in [-0.3, -0.25) is 0 Å². The van der Waals surface area contributed by atoms with Gasteiger partial charge in [0.05, 0.1) is 12.2 Å². The van der Waals surface area contributed by atoms with Gasteiger partial charge < -0.3 is 9.84 Å². The Morgan fingerprint density at radius 3 is 2.43 bits per heavy atom. The van der Waals surface area contributed by atoms with Gasteiger partial charge in [-0.1, -0.05) is 12.1 Å². The lowest BCUT2D eigenvalue weighted by molar-refractivity contribution is -0.195. The van der Waals surface area contributed by atoms with E-state index in [0.29, 0.717) is 12.2 Å². The maximum atomic E-state index is 12.6. The summed E-state index contributed by atoms with van der Waals surface area (Å²) >= 11 is 0. The third-order valence-corrected chi connectivity index (χ3v) is 2.79. The van der Waals surface area contributed by atoms with Crippen LogP contribution in [0.15, 0.2) is 24.3 Å². The highest BCUT2D eigenvalue weighted by Crippen LogP contribution is 2.38. The molecule has 2 unspecified atom stereocenters. The Morgan fingerprint density at radius 2 is 2.00 bits per heavy atom. The minimum absolute atomic E-state index is 0.291. The summed E-state index contributed by atoms with van der Waals surface area (Å²) in [6.45, 7) is 2.55. The first-order valence-electron chi connectivity index (χ1n) is 4.69. The number of rotatable bonds is 2. The van der Waals surface area contributed by atoms with E-state index in [1.54, 1.807) is 12.1 Å². The molecule has 1 N–H and O–H groups in total. The highest BCUT2D eigenvalue weighted by atomic mass is 19.1. The van der Waals surface area contributed by atoms with Gasteiger partial charge in [-0.15, -0.1) is 0 Å². The van der Waals surface area contributed by atoms with Gasteiger partial charge in [0.25, 0.3) is 0 Å². The summed E-state index contributed by atoms with van der Waals surface area (Å²) in [6, 6.07) is 5.88. The van der Waals surface area contributed by atoms with E-state index in [2.05, 4.69) is 0 Å². The van der Waals surface area contributed by atoms with Crippen LogP contribution in [-0.2, 0) is 4.74 Å². The van der Waals surface area contributed by atoms with Crippen LogP contribution in [0.4, 0.5) is 4.39 Å². The van der Waals surface area contributed by atoms with Crippen molar-refractivity contribution in [2.45, 2.75) is 25.0 Å². The Balaban J connectivity index is 2.18. The van der Waals surface area contributed by atoms with E-state index in [1.807, 2.05) is 6.92 Å². The molecule has 1 aromatic carbocycles. The first-order valence-corrected chi connectivity index (χ1v) is 4.69. The fraction of sp³-hybridized carbons (Fsp3) is 0.455. The zero-order chi connectivity index (χ0) is 10.2. The second-order valence-corrected chi connectivity index (χ2v) is 3.87. The van der Waals surface area contributed by atoms with Gasteiger partial charge in [-0.05, 0) is 24.6 Å². The van der Waals surface area contributed by atoms with Crippen LogP contribution in [0.1, 0.15) is 25.0 Å². The second kappa shape index (κ2) is 3.33. The average Bonchev–Trinajstić information content (AvgIpc) is 2.14. The first-order chi connectivity index (χ1) is 6.62. The average molecular weight is 196 g/mol. The minimum atomic E-state index is -0.670. The Morgan fingerprint density at radius 1 is 1.43 bits per heavy atom. The van der Waals surface area contributed by atoms with E-state index in [-0.39, 0.29) is 5.82 Å². The monoisotopic (exact) mass is 196 g/mol. The topological polar surface area (TPSA) is 29.5 Å². The normalized spacial score (nSPS) is 28.2. The van der Waals surface area contributed by atoms with Crippen LogP contribution in [-0.4, -0.2) is 17.3 Å². The van der Waals surface area contributed by atoms with Crippen molar-refractivity contribution >= 4 is 0 Å². The molecular formula is C11H13FO2. The molecule has 1 saturated heterocycles. The predicted molar refractivity (Wildman–Crippen MR) is 50.3 cm³/mol. The molecule has 1 aliphatic heterocycles. The summed E-state index contributed by atoms with van der Waals surface area (Å²) in [5.41, 5.74) is 0.214. The molecule has 0 amide bonds. The van der Waals surface area contributed by atoms with Gasteiger partial charge in [0.15, 0.2) is 0 Å². The molecule has 0 aliphatic carbocycles. The van der Waals surface area contributed by atoms with Crippen LogP contribution in [0.2, 0.25) is 0 Å². The maximum Gasteiger partial charge on any atom is 0.123 e. The van der Waals surface area contributed by atoms with E-state index in [0.717, 1.165) is 6.42 Å². The van der Waals surface area contributed by atoms with Crippen LogP contribution in [0.25, 0.3) is 0 Å². The van der Waals surface area contributed by atoms with Gasteiger partial charge in [0, 0.05) is 6.42 Å². The zero-order valence-corrected chi connectivity index (χ0v) is 8.03. The van der Waals surface area contributed by atoms with Crippen LogP contribution >= 0.6 is 0 Å². The second-order valence-electron chi connectivity index (χ2n) is 3.87. The Labute approximate surface area is 82.3 Å². The standard InChI is InChI=1S/C11H13FO2/c1-11(6-7-14-11)10(13)8-2-4-9(12)5-3-8/h2-5,10,13H,6-7H2,1H3. The van der Waals surface area contributed by atoms with Gasteiger partial charge >= 0.3 is 0 Å². The van der Waals surface area contributed by atoms with Crippen LogP contribution in [0.3, 0.4) is 0 Å². The molecule has 2 atom stereocenters. The van der Waals surface area contributed by atoms with Gasteiger partial charge in [-0.2, -0.15) is 0 Å². The molecule has 1 heterocycles. The molecule has 76 valence electrons. The summed E-state index contributed by atoms with van der Waals surface area (Å²) in [4.78, 5) is 0. The fourth-order valence-electron chi connectivity index (χ4n) is 1.64. The van der Waals surface area contributed by atoms with Crippen LogP contribution < -0.4 is 0 Å². The Kier molecular flexibility index (Phi) is 2.29. The molecule has 2 nitrogen and oxygen atoms in total. The molecule has 0 bridgehead atoms. The summed E-state index contributed by atoms with van der Waals surface area (Å²) in [6.07, 6.45) is 0.169. The number of aliphatic hydroxyl groups is 1. The molecule has 1 aromatic rings. The fourth-order valence-corrected chi connectivity index (χ4v) is 1.64. The van der Waals surface area contributed by atoms with E-state index in [9.17, 15) is 9.50 Å². The van der Waals surface area contributed by atoms with Crippen molar-refractivity contribution in [1.29, 1.82) is 0 Å². The quantitative estimate of drug-likeness (QED) is 0.784. The van der Waals surface area contributed by atoms with E-state index >= 15 is 0 Å². The van der Waals surface area contributed by atoms with Crippen LogP contribution in [0.5, 0.6) is 0 Å². The highest BCUT2D eigenvalue weighted by molar-refractivity contribution is 5.21. The molecule has 0 aromatic heterocycles. The molecule has 1 aliphatic rings.